The van der Waals surface area contributed by atoms with Crippen LogP contribution in [-0.2, 0) is 16.1 Å². The Morgan fingerprint density at radius 2 is 2.19 bits per heavy atom. The van der Waals surface area contributed by atoms with Gasteiger partial charge in [-0.15, -0.1) is 0 Å². The number of amides is 1. The van der Waals surface area contributed by atoms with E-state index in [4.69, 9.17) is 4.74 Å². The molecule has 0 bridgehead atoms. The molecule has 4 heterocycles. The number of carbonyl (C=O) groups is 1. The molecule has 1 amide bonds. The van der Waals surface area contributed by atoms with Gasteiger partial charge in [-0.3, -0.25) is 9.78 Å². The van der Waals surface area contributed by atoms with Crippen molar-refractivity contribution in [3.8, 4) is 0 Å². The molecule has 4 rings (SSSR count). The number of hydrogen-bond acceptors (Lipinski definition) is 6. The van der Waals surface area contributed by atoms with Crippen LogP contribution in [0.5, 0.6) is 0 Å². The van der Waals surface area contributed by atoms with E-state index in [1.165, 1.54) is 12.4 Å². The van der Waals surface area contributed by atoms with E-state index in [1.54, 1.807) is 12.4 Å². The summed E-state index contributed by atoms with van der Waals surface area (Å²) >= 11 is 0. The van der Waals surface area contributed by atoms with Crippen LogP contribution in [0.25, 0.3) is 0 Å². The van der Waals surface area contributed by atoms with Crippen LogP contribution in [0.15, 0.2) is 36.9 Å². The maximum atomic E-state index is 13.0. The second kappa shape index (κ2) is 7.33. The molecule has 2 aromatic heterocycles. The second-order valence-corrected chi connectivity index (χ2v) is 6.67. The Labute approximate surface area is 150 Å². The highest BCUT2D eigenvalue weighted by Crippen LogP contribution is 2.34. The van der Waals surface area contributed by atoms with Crippen molar-refractivity contribution in [3.05, 3.63) is 48.3 Å². The molecule has 2 fully saturated rings. The molecule has 0 aromatic carbocycles. The van der Waals surface area contributed by atoms with Crippen LogP contribution in [0.1, 0.15) is 18.4 Å². The predicted octanol–water partition coefficient (Wildman–Crippen LogP) is 1.31. The highest BCUT2D eigenvalue weighted by Gasteiger charge is 2.42. The first-order valence-corrected chi connectivity index (χ1v) is 8.73. The number of pyridine rings is 1. The molecule has 2 aliphatic rings. The van der Waals surface area contributed by atoms with Crippen LogP contribution in [0.4, 0.5) is 10.3 Å². The van der Waals surface area contributed by atoms with E-state index in [1.807, 2.05) is 17.0 Å². The molecule has 0 radical (unpaired) electrons. The third-order valence-corrected chi connectivity index (χ3v) is 4.92. The summed E-state index contributed by atoms with van der Waals surface area (Å²) < 4.78 is 19.0. The van der Waals surface area contributed by atoms with Gasteiger partial charge in [0.25, 0.3) is 0 Å². The molecule has 2 saturated heterocycles. The maximum Gasteiger partial charge on any atom is 0.249 e. The van der Waals surface area contributed by atoms with E-state index in [-0.39, 0.29) is 12.0 Å². The van der Waals surface area contributed by atoms with Crippen molar-refractivity contribution in [3.63, 3.8) is 0 Å². The van der Waals surface area contributed by atoms with Gasteiger partial charge in [0.2, 0.25) is 11.9 Å². The van der Waals surface area contributed by atoms with Crippen LogP contribution in [-0.4, -0.2) is 46.2 Å². The van der Waals surface area contributed by atoms with E-state index in [0.29, 0.717) is 25.0 Å². The first-order chi connectivity index (χ1) is 12.7. The lowest BCUT2D eigenvalue weighted by Crippen LogP contribution is -2.43. The van der Waals surface area contributed by atoms with Crippen molar-refractivity contribution in [2.45, 2.75) is 31.6 Å². The summed E-state index contributed by atoms with van der Waals surface area (Å²) in [6.07, 6.45) is 6.92. The van der Waals surface area contributed by atoms with Crippen molar-refractivity contribution in [2.75, 3.05) is 18.0 Å². The van der Waals surface area contributed by atoms with Gasteiger partial charge in [-0.25, -0.2) is 14.4 Å². The van der Waals surface area contributed by atoms with Crippen molar-refractivity contribution in [1.82, 2.24) is 20.3 Å². The first-order valence-electron chi connectivity index (χ1n) is 8.73. The molecule has 2 aliphatic heterocycles. The van der Waals surface area contributed by atoms with Gasteiger partial charge in [-0.1, -0.05) is 6.07 Å². The first kappa shape index (κ1) is 16.8. The Morgan fingerprint density at radius 1 is 1.35 bits per heavy atom. The van der Waals surface area contributed by atoms with Crippen LogP contribution >= 0.6 is 0 Å². The van der Waals surface area contributed by atoms with Crippen molar-refractivity contribution < 1.29 is 13.9 Å². The number of anilines is 1. The zero-order valence-electron chi connectivity index (χ0n) is 14.2. The minimum atomic E-state index is -0.453. The van der Waals surface area contributed by atoms with E-state index < -0.39 is 11.9 Å². The SMILES string of the molecule is O=C(NCc1cccnc1)[C@@H]1C[C@@H]2CCN(c3ncc(F)cn3)C[C@@H]2O1. The predicted molar refractivity (Wildman–Crippen MR) is 91.7 cm³/mol. The normalized spacial score (nSPS) is 25.0. The van der Waals surface area contributed by atoms with Gasteiger partial charge in [0.15, 0.2) is 5.82 Å². The molecule has 0 unspecified atom stereocenters. The standard InChI is InChI=1S/C18H20FN5O2/c19-14-9-22-18(23-10-14)24-5-3-13-6-15(26-16(13)11-24)17(25)21-8-12-2-1-4-20-7-12/h1-2,4,7,9-10,13,15-16H,3,5-6,8,11H2,(H,21,25)/t13-,15-,16-/m0/s1. The Hall–Kier alpha value is -2.61. The molecular weight excluding hydrogens is 337 g/mol. The summed E-state index contributed by atoms with van der Waals surface area (Å²) in [6, 6.07) is 3.76. The number of carbonyl (C=O) groups excluding carboxylic acids is 1. The van der Waals surface area contributed by atoms with E-state index in [0.717, 1.165) is 24.9 Å². The second-order valence-electron chi connectivity index (χ2n) is 6.67. The monoisotopic (exact) mass is 357 g/mol. The molecule has 1 N–H and O–H groups in total. The molecule has 0 spiro atoms. The van der Waals surface area contributed by atoms with Gasteiger partial charge < -0.3 is 15.0 Å². The molecular formula is C18H20FN5O2. The lowest BCUT2D eigenvalue weighted by molar-refractivity contribution is -0.132. The number of halogens is 1. The van der Waals surface area contributed by atoms with Crippen molar-refractivity contribution in [1.29, 1.82) is 0 Å². The Morgan fingerprint density at radius 3 is 2.96 bits per heavy atom. The largest absolute Gasteiger partial charge is 0.363 e. The lowest BCUT2D eigenvalue weighted by Gasteiger charge is -2.33. The molecule has 8 heteroatoms. The Kier molecular flexibility index (Phi) is 4.75. The van der Waals surface area contributed by atoms with Gasteiger partial charge in [0.05, 0.1) is 18.5 Å². The van der Waals surface area contributed by atoms with E-state index >= 15 is 0 Å². The van der Waals surface area contributed by atoms with E-state index in [9.17, 15) is 9.18 Å². The average Bonchev–Trinajstić information content (AvgIpc) is 3.11. The number of nitrogens with zero attached hydrogens (tertiary/aromatic N) is 4. The van der Waals surface area contributed by atoms with Gasteiger partial charge >= 0.3 is 0 Å². The van der Waals surface area contributed by atoms with Crippen molar-refractivity contribution >= 4 is 11.9 Å². The molecule has 136 valence electrons. The smallest absolute Gasteiger partial charge is 0.249 e. The van der Waals surface area contributed by atoms with Gasteiger partial charge in [-0.05, 0) is 30.4 Å². The number of piperidine rings is 1. The number of aromatic nitrogens is 3. The zero-order valence-corrected chi connectivity index (χ0v) is 14.2. The number of nitrogens with one attached hydrogen (secondary N) is 1. The number of ether oxygens (including phenoxy) is 1. The summed E-state index contributed by atoms with van der Waals surface area (Å²) in [4.78, 5) is 26.5. The summed E-state index contributed by atoms with van der Waals surface area (Å²) in [7, 11) is 0. The van der Waals surface area contributed by atoms with E-state index in [2.05, 4.69) is 20.3 Å². The van der Waals surface area contributed by atoms with Gasteiger partial charge in [0.1, 0.15) is 6.10 Å². The highest BCUT2D eigenvalue weighted by atomic mass is 19.1. The highest BCUT2D eigenvalue weighted by molar-refractivity contribution is 5.81. The summed E-state index contributed by atoms with van der Waals surface area (Å²) in [5, 5.41) is 2.92. The summed E-state index contributed by atoms with van der Waals surface area (Å²) in [5.41, 5.74) is 0.955. The third kappa shape index (κ3) is 3.65. The summed E-state index contributed by atoms with van der Waals surface area (Å²) in [5.74, 6) is 0.303. The zero-order chi connectivity index (χ0) is 17.9. The molecule has 7 nitrogen and oxygen atoms in total. The lowest BCUT2D eigenvalue weighted by atomic mass is 9.92. The fourth-order valence-electron chi connectivity index (χ4n) is 3.56. The minimum Gasteiger partial charge on any atom is -0.363 e. The van der Waals surface area contributed by atoms with Crippen molar-refractivity contribution in [2.24, 2.45) is 5.92 Å². The van der Waals surface area contributed by atoms with Crippen LogP contribution in [0.3, 0.4) is 0 Å². The summed E-state index contributed by atoms with van der Waals surface area (Å²) in [6.45, 7) is 1.83. The molecule has 2 aromatic rings. The Balaban J connectivity index is 1.32. The minimum absolute atomic E-state index is 0.0356. The molecule has 3 atom stereocenters. The van der Waals surface area contributed by atoms with Crippen LogP contribution < -0.4 is 10.2 Å². The molecule has 0 aliphatic carbocycles. The fourth-order valence-corrected chi connectivity index (χ4v) is 3.56. The van der Waals surface area contributed by atoms with Gasteiger partial charge in [0, 0.05) is 32.0 Å². The van der Waals surface area contributed by atoms with Crippen LogP contribution in [0, 0.1) is 11.7 Å². The Bertz CT molecular complexity index is 758. The number of hydrogen-bond donors (Lipinski definition) is 1. The third-order valence-electron chi connectivity index (χ3n) is 4.92. The van der Waals surface area contributed by atoms with Crippen LogP contribution in [0.2, 0.25) is 0 Å². The number of rotatable bonds is 4. The fraction of sp³-hybridized carbons (Fsp3) is 0.444. The molecule has 0 saturated carbocycles. The van der Waals surface area contributed by atoms with Gasteiger partial charge in [-0.2, -0.15) is 0 Å². The molecule has 26 heavy (non-hydrogen) atoms. The maximum absolute atomic E-state index is 13.0. The average molecular weight is 357 g/mol. The quantitative estimate of drug-likeness (QED) is 0.889. The number of fused-ring (bicyclic) bond motifs is 1. The topological polar surface area (TPSA) is 80.2 Å².